The zero-order chi connectivity index (χ0) is 20.4. The number of benzene rings is 2. The zero-order valence-corrected chi connectivity index (χ0v) is 15.0. The number of hydrogen-bond acceptors (Lipinski definition) is 7. The van der Waals surface area contributed by atoms with Crippen molar-refractivity contribution >= 4 is 33.0 Å². The highest BCUT2D eigenvalue weighted by Crippen LogP contribution is 2.26. The maximum absolute atomic E-state index is 12.3. The molecule has 0 radical (unpaired) electrons. The van der Waals surface area contributed by atoms with Crippen LogP contribution in [0, 0.1) is 20.2 Å². The fourth-order valence-corrected chi connectivity index (χ4v) is 3.00. The summed E-state index contributed by atoms with van der Waals surface area (Å²) in [6, 6.07) is 7.86. The Bertz CT molecular complexity index is 1020. The quantitative estimate of drug-likeness (QED) is 0.581. The zero-order valence-electron chi connectivity index (χ0n) is 14.1. The van der Waals surface area contributed by atoms with Gasteiger partial charge in [0.05, 0.1) is 20.8 Å². The van der Waals surface area contributed by atoms with Gasteiger partial charge in [-0.15, -0.1) is 0 Å². The molecule has 0 bridgehead atoms. The number of carbonyl (C=O) groups is 1. The summed E-state index contributed by atoms with van der Waals surface area (Å²) in [6.07, 6.45) is 0. The fourth-order valence-electron chi connectivity index (χ4n) is 2.10. The summed E-state index contributed by atoms with van der Waals surface area (Å²) in [7, 11) is -0.890. The highest BCUT2D eigenvalue weighted by Gasteiger charge is 2.24. The van der Waals surface area contributed by atoms with Gasteiger partial charge in [-0.25, -0.2) is 12.7 Å². The Labute approximate surface area is 153 Å². The number of nitrogens with one attached hydrogen (secondary N) is 1. The summed E-state index contributed by atoms with van der Waals surface area (Å²) in [6.45, 7) is 0. The molecule has 0 saturated carbocycles. The van der Waals surface area contributed by atoms with Gasteiger partial charge >= 0.3 is 0 Å². The van der Waals surface area contributed by atoms with E-state index in [0.717, 1.165) is 16.4 Å². The SMILES string of the molecule is CN(C)S(=O)(=O)c1ccc(NC(=O)c2ccc([N+](=O)[O-])cc2[N+](=O)[O-])cc1. The largest absolute Gasteiger partial charge is 0.322 e. The van der Waals surface area contributed by atoms with E-state index in [4.69, 9.17) is 0 Å². The molecule has 142 valence electrons. The molecule has 0 heterocycles. The summed E-state index contributed by atoms with van der Waals surface area (Å²) < 4.78 is 25.0. The van der Waals surface area contributed by atoms with E-state index in [1.54, 1.807) is 0 Å². The van der Waals surface area contributed by atoms with Gasteiger partial charge in [0.2, 0.25) is 10.0 Å². The molecule has 0 spiro atoms. The normalized spacial score (nSPS) is 11.2. The lowest BCUT2D eigenvalue weighted by molar-refractivity contribution is -0.394. The number of nitro groups is 2. The first-order chi connectivity index (χ1) is 12.5. The Balaban J connectivity index is 2.30. The predicted octanol–water partition coefficient (Wildman–Crippen LogP) is 2.01. The molecular formula is C15H14N4O7S. The van der Waals surface area contributed by atoms with Crippen molar-refractivity contribution in [2.75, 3.05) is 19.4 Å². The molecule has 1 amide bonds. The number of nitrogens with zero attached hydrogens (tertiary/aromatic N) is 3. The average Bonchev–Trinajstić information content (AvgIpc) is 2.61. The lowest BCUT2D eigenvalue weighted by atomic mass is 10.1. The van der Waals surface area contributed by atoms with Crippen molar-refractivity contribution in [3.8, 4) is 0 Å². The third-order valence-corrected chi connectivity index (χ3v) is 5.35. The maximum atomic E-state index is 12.3. The number of anilines is 1. The topological polar surface area (TPSA) is 153 Å². The Kier molecular flexibility index (Phi) is 5.52. The minimum atomic E-state index is -3.64. The van der Waals surface area contributed by atoms with Gasteiger partial charge < -0.3 is 5.32 Å². The van der Waals surface area contributed by atoms with Gasteiger partial charge in [-0.2, -0.15) is 0 Å². The molecule has 2 aromatic rings. The summed E-state index contributed by atoms with van der Waals surface area (Å²) in [5.74, 6) is -0.861. The number of carbonyl (C=O) groups excluding carboxylic acids is 1. The fraction of sp³-hybridized carbons (Fsp3) is 0.133. The number of amides is 1. The van der Waals surface area contributed by atoms with Gasteiger partial charge in [0, 0.05) is 25.8 Å². The first-order valence-electron chi connectivity index (χ1n) is 7.31. The minimum absolute atomic E-state index is 0.00631. The summed E-state index contributed by atoms with van der Waals surface area (Å²) >= 11 is 0. The number of hydrogen-bond donors (Lipinski definition) is 1. The van der Waals surface area contributed by atoms with Gasteiger partial charge in [0.25, 0.3) is 17.3 Å². The molecule has 0 aromatic heterocycles. The molecule has 2 rings (SSSR count). The van der Waals surface area contributed by atoms with Gasteiger partial charge in [0.1, 0.15) is 5.56 Å². The van der Waals surface area contributed by atoms with E-state index in [1.165, 1.54) is 38.4 Å². The Morgan fingerprint density at radius 3 is 2.07 bits per heavy atom. The van der Waals surface area contributed by atoms with E-state index >= 15 is 0 Å². The van der Waals surface area contributed by atoms with Crippen LogP contribution in [0.25, 0.3) is 0 Å². The molecule has 2 aromatic carbocycles. The Morgan fingerprint density at radius 1 is 1.00 bits per heavy atom. The molecule has 0 atom stereocenters. The molecule has 27 heavy (non-hydrogen) atoms. The third-order valence-electron chi connectivity index (χ3n) is 3.52. The van der Waals surface area contributed by atoms with Crippen molar-refractivity contribution in [1.29, 1.82) is 0 Å². The van der Waals surface area contributed by atoms with Gasteiger partial charge in [0.15, 0.2) is 0 Å². The molecule has 0 unspecified atom stereocenters. The van der Waals surface area contributed by atoms with E-state index in [2.05, 4.69) is 5.32 Å². The van der Waals surface area contributed by atoms with Crippen LogP contribution in [-0.2, 0) is 10.0 Å². The van der Waals surface area contributed by atoms with Crippen LogP contribution in [0.15, 0.2) is 47.4 Å². The third kappa shape index (κ3) is 4.24. The lowest BCUT2D eigenvalue weighted by Crippen LogP contribution is -2.22. The van der Waals surface area contributed by atoms with Crippen molar-refractivity contribution in [3.05, 3.63) is 68.3 Å². The molecule has 0 aliphatic heterocycles. The van der Waals surface area contributed by atoms with E-state index < -0.39 is 37.2 Å². The molecule has 11 nitrogen and oxygen atoms in total. The van der Waals surface area contributed by atoms with Crippen LogP contribution in [0.4, 0.5) is 17.1 Å². The predicted molar refractivity (Wildman–Crippen MR) is 95.0 cm³/mol. The van der Waals surface area contributed by atoms with Crippen molar-refractivity contribution in [2.24, 2.45) is 0 Å². The van der Waals surface area contributed by atoms with Crippen molar-refractivity contribution < 1.29 is 23.1 Å². The highest BCUT2D eigenvalue weighted by molar-refractivity contribution is 7.89. The Hall–Kier alpha value is -3.38. The molecule has 1 N–H and O–H groups in total. The van der Waals surface area contributed by atoms with Crippen LogP contribution in [0.5, 0.6) is 0 Å². The van der Waals surface area contributed by atoms with E-state index in [0.29, 0.717) is 6.07 Å². The molecule has 0 fully saturated rings. The van der Waals surface area contributed by atoms with Crippen LogP contribution in [0.3, 0.4) is 0 Å². The smallest absolute Gasteiger partial charge is 0.289 e. The summed E-state index contributed by atoms with van der Waals surface area (Å²) in [5.41, 5.74) is -1.40. The summed E-state index contributed by atoms with van der Waals surface area (Å²) in [5, 5.41) is 24.2. The Morgan fingerprint density at radius 2 is 1.59 bits per heavy atom. The van der Waals surface area contributed by atoms with Crippen LogP contribution in [0.2, 0.25) is 0 Å². The second-order valence-corrected chi connectivity index (χ2v) is 7.63. The number of nitro benzene ring substituents is 2. The summed E-state index contributed by atoms with van der Waals surface area (Å²) in [4.78, 5) is 32.4. The van der Waals surface area contributed by atoms with Crippen LogP contribution in [0.1, 0.15) is 10.4 Å². The number of non-ortho nitro benzene ring substituents is 1. The van der Waals surface area contributed by atoms with Gasteiger partial charge in [-0.1, -0.05) is 0 Å². The van der Waals surface area contributed by atoms with Crippen molar-refractivity contribution in [2.45, 2.75) is 4.90 Å². The molecule has 0 aliphatic carbocycles. The lowest BCUT2D eigenvalue weighted by Gasteiger charge is -2.12. The maximum Gasteiger partial charge on any atom is 0.289 e. The first kappa shape index (κ1) is 19.9. The van der Waals surface area contributed by atoms with Gasteiger partial charge in [-0.05, 0) is 30.3 Å². The molecule has 0 saturated heterocycles. The second-order valence-electron chi connectivity index (χ2n) is 5.48. The van der Waals surface area contributed by atoms with Crippen LogP contribution < -0.4 is 5.32 Å². The van der Waals surface area contributed by atoms with E-state index in [-0.39, 0.29) is 16.1 Å². The van der Waals surface area contributed by atoms with Crippen LogP contribution >= 0.6 is 0 Å². The monoisotopic (exact) mass is 394 g/mol. The van der Waals surface area contributed by atoms with Crippen molar-refractivity contribution in [3.63, 3.8) is 0 Å². The molecular weight excluding hydrogens is 380 g/mol. The van der Waals surface area contributed by atoms with E-state index in [1.807, 2.05) is 0 Å². The number of rotatable bonds is 6. The number of sulfonamides is 1. The first-order valence-corrected chi connectivity index (χ1v) is 8.75. The minimum Gasteiger partial charge on any atom is -0.322 e. The molecule has 12 heteroatoms. The standard InChI is InChI=1S/C15H14N4O7S/c1-17(2)27(25,26)12-6-3-10(4-7-12)16-15(20)13-8-5-11(18(21)22)9-14(13)19(23)24/h3-9H,1-2H3,(H,16,20). The highest BCUT2D eigenvalue weighted by atomic mass is 32.2. The van der Waals surface area contributed by atoms with Crippen LogP contribution in [-0.4, -0.2) is 42.6 Å². The van der Waals surface area contributed by atoms with Gasteiger partial charge in [-0.3, -0.25) is 25.0 Å². The second kappa shape index (κ2) is 7.47. The van der Waals surface area contributed by atoms with Crippen molar-refractivity contribution in [1.82, 2.24) is 4.31 Å². The molecule has 0 aliphatic rings. The van der Waals surface area contributed by atoms with E-state index in [9.17, 15) is 33.4 Å². The average molecular weight is 394 g/mol.